The SMILES string of the molecule is CS(=O)(=O)NC1CCN(C(=O)c2cc(C3CC3)[nH]n2)CC1. The summed E-state index contributed by atoms with van der Waals surface area (Å²) in [6.07, 6.45) is 4.77. The van der Waals surface area contributed by atoms with Crippen molar-refractivity contribution in [2.45, 2.75) is 37.6 Å². The normalized spacial score (nSPS) is 20.7. The summed E-state index contributed by atoms with van der Waals surface area (Å²) >= 11 is 0. The molecule has 7 nitrogen and oxygen atoms in total. The highest BCUT2D eigenvalue weighted by molar-refractivity contribution is 7.88. The van der Waals surface area contributed by atoms with Crippen molar-refractivity contribution in [1.82, 2.24) is 19.8 Å². The minimum Gasteiger partial charge on any atom is -0.337 e. The zero-order valence-corrected chi connectivity index (χ0v) is 12.8. The van der Waals surface area contributed by atoms with E-state index in [0.29, 0.717) is 37.5 Å². The van der Waals surface area contributed by atoms with Crippen molar-refractivity contribution < 1.29 is 13.2 Å². The number of nitrogens with one attached hydrogen (secondary N) is 2. The molecule has 21 heavy (non-hydrogen) atoms. The lowest BCUT2D eigenvalue weighted by Gasteiger charge is -2.31. The Hall–Kier alpha value is -1.41. The number of hydrogen-bond acceptors (Lipinski definition) is 4. The van der Waals surface area contributed by atoms with Gasteiger partial charge in [-0.2, -0.15) is 5.10 Å². The first-order chi connectivity index (χ1) is 9.92. The van der Waals surface area contributed by atoms with Gasteiger partial charge in [-0.25, -0.2) is 13.1 Å². The Labute approximate surface area is 124 Å². The molecule has 3 rings (SSSR count). The highest BCUT2D eigenvalue weighted by atomic mass is 32.2. The molecule has 1 aliphatic heterocycles. The van der Waals surface area contributed by atoms with Crippen molar-refractivity contribution in [3.63, 3.8) is 0 Å². The summed E-state index contributed by atoms with van der Waals surface area (Å²) in [6.45, 7) is 1.11. The zero-order chi connectivity index (χ0) is 15.0. The molecule has 2 heterocycles. The second-order valence-electron chi connectivity index (χ2n) is 5.94. The topological polar surface area (TPSA) is 95.2 Å². The summed E-state index contributed by atoms with van der Waals surface area (Å²) in [6, 6.07) is 1.77. The minimum absolute atomic E-state index is 0.0732. The third-order valence-corrected chi connectivity index (χ3v) is 4.76. The first-order valence-corrected chi connectivity index (χ1v) is 9.13. The van der Waals surface area contributed by atoms with Gasteiger partial charge in [0.25, 0.3) is 5.91 Å². The van der Waals surface area contributed by atoms with Crippen LogP contribution in [0.3, 0.4) is 0 Å². The molecular weight excluding hydrogens is 292 g/mol. The lowest BCUT2D eigenvalue weighted by Crippen LogP contribution is -2.46. The summed E-state index contributed by atoms with van der Waals surface area (Å²) in [4.78, 5) is 14.1. The van der Waals surface area contributed by atoms with Crippen LogP contribution in [0.2, 0.25) is 0 Å². The Bertz CT molecular complexity index is 628. The van der Waals surface area contributed by atoms with Crippen molar-refractivity contribution in [3.05, 3.63) is 17.5 Å². The monoisotopic (exact) mass is 312 g/mol. The van der Waals surface area contributed by atoms with Crippen LogP contribution in [-0.2, 0) is 10.0 Å². The molecule has 8 heteroatoms. The van der Waals surface area contributed by atoms with E-state index < -0.39 is 10.0 Å². The number of carbonyl (C=O) groups excluding carboxylic acids is 1. The van der Waals surface area contributed by atoms with Gasteiger partial charge in [-0.05, 0) is 31.7 Å². The van der Waals surface area contributed by atoms with Crippen molar-refractivity contribution in [2.24, 2.45) is 0 Å². The molecule has 0 aromatic carbocycles. The van der Waals surface area contributed by atoms with Crippen LogP contribution in [0.1, 0.15) is 47.8 Å². The van der Waals surface area contributed by atoms with E-state index in [9.17, 15) is 13.2 Å². The van der Waals surface area contributed by atoms with Gasteiger partial charge in [0.1, 0.15) is 5.69 Å². The van der Waals surface area contributed by atoms with E-state index in [1.54, 1.807) is 4.90 Å². The van der Waals surface area contributed by atoms with Crippen molar-refractivity contribution in [3.8, 4) is 0 Å². The van der Waals surface area contributed by atoms with E-state index in [4.69, 9.17) is 0 Å². The van der Waals surface area contributed by atoms with Crippen LogP contribution in [0.5, 0.6) is 0 Å². The fraction of sp³-hybridized carbons (Fsp3) is 0.692. The highest BCUT2D eigenvalue weighted by Crippen LogP contribution is 2.39. The molecule has 1 saturated heterocycles. The average Bonchev–Trinajstić information content (AvgIpc) is 3.15. The first kappa shape index (κ1) is 14.5. The molecule has 0 radical (unpaired) electrons. The number of piperidine rings is 1. The van der Waals surface area contributed by atoms with E-state index in [2.05, 4.69) is 14.9 Å². The van der Waals surface area contributed by atoms with Crippen molar-refractivity contribution >= 4 is 15.9 Å². The number of hydrogen-bond donors (Lipinski definition) is 2. The average molecular weight is 312 g/mol. The van der Waals surface area contributed by atoms with Crippen molar-refractivity contribution in [2.75, 3.05) is 19.3 Å². The maximum absolute atomic E-state index is 12.4. The number of likely N-dealkylation sites (tertiary alicyclic amines) is 1. The number of carbonyl (C=O) groups is 1. The number of aromatic nitrogens is 2. The number of rotatable bonds is 4. The van der Waals surface area contributed by atoms with E-state index in [1.165, 1.54) is 12.8 Å². The Balaban J connectivity index is 1.56. The number of H-pyrrole nitrogens is 1. The summed E-state index contributed by atoms with van der Waals surface area (Å²) < 4.78 is 25.0. The van der Waals surface area contributed by atoms with Gasteiger partial charge in [-0.1, -0.05) is 0 Å². The quantitative estimate of drug-likeness (QED) is 0.843. The molecule has 0 bridgehead atoms. The van der Waals surface area contributed by atoms with E-state index in [-0.39, 0.29) is 11.9 Å². The van der Waals surface area contributed by atoms with Gasteiger partial charge < -0.3 is 4.90 Å². The fourth-order valence-corrected chi connectivity index (χ4v) is 3.56. The van der Waals surface area contributed by atoms with Crippen LogP contribution in [-0.4, -0.2) is 54.8 Å². The molecule has 2 N–H and O–H groups in total. The molecule has 1 amide bonds. The van der Waals surface area contributed by atoms with Gasteiger partial charge in [0, 0.05) is 30.7 Å². The predicted molar refractivity (Wildman–Crippen MR) is 77.5 cm³/mol. The van der Waals surface area contributed by atoms with Crippen LogP contribution >= 0.6 is 0 Å². The largest absolute Gasteiger partial charge is 0.337 e. The third kappa shape index (κ3) is 3.62. The molecule has 0 spiro atoms. The van der Waals surface area contributed by atoms with Crippen LogP contribution < -0.4 is 4.72 Å². The maximum Gasteiger partial charge on any atom is 0.274 e. The van der Waals surface area contributed by atoms with Crippen LogP contribution in [0.25, 0.3) is 0 Å². The number of amides is 1. The molecule has 0 atom stereocenters. The van der Waals surface area contributed by atoms with E-state index in [0.717, 1.165) is 11.9 Å². The molecular formula is C13H20N4O3S. The zero-order valence-electron chi connectivity index (χ0n) is 12.0. The minimum atomic E-state index is -3.18. The van der Waals surface area contributed by atoms with E-state index in [1.807, 2.05) is 6.07 Å². The Kier molecular flexibility index (Phi) is 3.75. The molecule has 1 aromatic rings. The second-order valence-corrected chi connectivity index (χ2v) is 7.72. The fourth-order valence-electron chi connectivity index (χ4n) is 2.71. The molecule has 1 saturated carbocycles. The Morgan fingerprint density at radius 3 is 2.57 bits per heavy atom. The molecule has 2 fully saturated rings. The molecule has 0 unspecified atom stereocenters. The predicted octanol–water partition coefficient (Wildman–Crippen LogP) is 0.441. The maximum atomic E-state index is 12.4. The Morgan fingerprint density at radius 2 is 2.00 bits per heavy atom. The lowest BCUT2D eigenvalue weighted by atomic mass is 10.1. The van der Waals surface area contributed by atoms with Gasteiger partial charge in [-0.15, -0.1) is 0 Å². The molecule has 1 aliphatic carbocycles. The van der Waals surface area contributed by atoms with Gasteiger partial charge in [0.15, 0.2) is 0 Å². The summed E-state index contributed by atoms with van der Waals surface area (Å²) in [5, 5.41) is 7.04. The van der Waals surface area contributed by atoms with Crippen molar-refractivity contribution in [1.29, 1.82) is 0 Å². The van der Waals surface area contributed by atoms with Crippen LogP contribution in [0.15, 0.2) is 6.07 Å². The van der Waals surface area contributed by atoms with Gasteiger partial charge in [0.05, 0.1) is 6.26 Å². The Morgan fingerprint density at radius 1 is 1.33 bits per heavy atom. The standard InChI is InChI=1S/C13H20N4O3S/c1-21(19,20)16-10-4-6-17(7-5-10)13(18)12-8-11(14-15-12)9-2-3-9/h8-10,16H,2-7H2,1H3,(H,14,15). The van der Waals surface area contributed by atoms with Gasteiger partial charge >= 0.3 is 0 Å². The number of aromatic amines is 1. The number of sulfonamides is 1. The highest BCUT2D eigenvalue weighted by Gasteiger charge is 2.29. The van der Waals surface area contributed by atoms with Gasteiger partial charge in [-0.3, -0.25) is 9.89 Å². The second kappa shape index (κ2) is 5.42. The molecule has 116 valence electrons. The van der Waals surface area contributed by atoms with E-state index >= 15 is 0 Å². The first-order valence-electron chi connectivity index (χ1n) is 7.24. The smallest absolute Gasteiger partial charge is 0.274 e. The van der Waals surface area contributed by atoms with Crippen LogP contribution in [0.4, 0.5) is 0 Å². The third-order valence-electron chi connectivity index (χ3n) is 4.00. The summed E-state index contributed by atoms with van der Waals surface area (Å²) in [5.74, 6) is 0.472. The summed E-state index contributed by atoms with van der Waals surface area (Å²) in [7, 11) is -3.18. The molecule has 1 aromatic heterocycles. The summed E-state index contributed by atoms with van der Waals surface area (Å²) in [5.41, 5.74) is 1.51. The number of nitrogens with zero attached hydrogens (tertiary/aromatic N) is 2. The lowest BCUT2D eigenvalue weighted by molar-refractivity contribution is 0.0705. The van der Waals surface area contributed by atoms with Gasteiger partial charge in [0.2, 0.25) is 10.0 Å². The van der Waals surface area contributed by atoms with Crippen LogP contribution in [0, 0.1) is 0 Å². The molecule has 2 aliphatic rings.